The Hall–Kier alpha value is -1.77. The molecule has 1 saturated heterocycles. The molecular formula is C13H11F6NO2. The Labute approximate surface area is 121 Å². The van der Waals surface area contributed by atoms with Crippen LogP contribution in [0.25, 0.3) is 0 Å². The van der Waals surface area contributed by atoms with Gasteiger partial charge in [0.25, 0.3) is 0 Å². The zero-order chi connectivity index (χ0) is 16.7. The fraction of sp³-hybridized carbons (Fsp3) is 0.462. The third-order valence-electron chi connectivity index (χ3n) is 3.62. The fourth-order valence-corrected chi connectivity index (χ4v) is 2.52. The smallest absolute Gasteiger partial charge is 0.393 e. The van der Waals surface area contributed by atoms with Crippen molar-refractivity contribution in [2.24, 2.45) is 11.8 Å². The average Bonchev–Trinajstić information content (AvgIpc) is 2.80. The van der Waals surface area contributed by atoms with Crippen LogP contribution in [0.2, 0.25) is 0 Å². The van der Waals surface area contributed by atoms with Crippen LogP contribution in [0.15, 0.2) is 12.1 Å². The Morgan fingerprint density at radius 3 is 2.23 bits per heavy atom. The van der Waals surface area contributed by atoms with Crippen molar-refractivity contribution in [1.29, 1.82) is 0 Å². The first kappa shape index (κ1) is 16.6. The molecule has 0 radical (unpaired) electrons. The van der Waals surface area contributed by atoms with Crippen LogP contribution < -0.4 is 0 Å². The maximum atomic E-state index is 13.5. The second kappa shape index (κ2) is 5.79. The molecule has 0 bridgehead atoms. The first-order chi connectivity index (χ1) is 10.1. The molecule has 0 unspecified atom stereocenters. The van der Waals surface area contributed by atoms with Gasteiger partial charge in [0.05, 0.1) is 11.8 Å². The van der Waals surface area contributed by atoms with Gasteiger partial charge in [0, 0.05) is 31.3 Å². The summed E-state index contributed by atoms with van der Waals surface area (Å²) in [6, 6.07) is 0.859. The largest absolute Gasteiger partial charge is 0.481 e. The Bertz CT molecular complexity index is 589. The van der Waals surface area contributed by atoms with Gasteiger partial charge in [0.15, 0.2) is 11.6 Å². The number of aliphatic carboxylic acids is 1. The molecule has 122 valence electrons. The summed E-state index contributed by atoms with van der Waals surface area (Å²) >= 11 is 0. The van der Waals surface area contributed by atoms with Crippen LogP contribution in [0, 0.1) is 29.3 Å². The third-order valence-corrected chi connectivity index (χ3v) is 3.62. The van der Waals surface area contributed by atoms with E-state index < -0.39 is 61.1 Å². The maximum Gasteiger partial charge on any atom is 0.393 e. The van der Waals surface area contributed by atoms with Crippen molar-refractivity contribution >= 4 is 5.97 Å². The molecule has 0 amide bonds. The van der Waals surface area contributed by atoms with Gasteiger partial charge in [-0.25, -0.2) is 13.2 Å². The summed E-state index contributed by atoms with van der Waals surface area (Å²) in [5.41, 5.74) is -0.328. The SMILES string of the molecule is O=C(O)[C@@H]1CN(Cc2cc(F)c(F)cc2F)C[C@H]1C(F)(F)F. The molecule has 0 spiro atoms. The van der Waals surface area contributed by atoms with E-state index in [1.165, 1.54) is 0 Å². The second-order valence-corrected chi connectivity index (χ2v) is 5.14. The topological polar surface area (TPSA) is 40.5 Å². The lowest BCUT2D eigenvalue weighted by atomic mass is 9.96. The van der Waals surface area contributed by atoms with E-state index >= 15 is 0 Å². The van der Waals surface area contributed by atoms with Crippen LogP contribution in [0.1, 0.15) is 5.56 Å². The highest BCUT2D eigenvalue weighted by atomic mass is 19.4. The minimum absolute atomic E-state index is 0.302. The highest BCUT2D eigenvalue weighted by molar-refractivity contribution is 5.71. The third kappa shape index (κ3) is 3.34. The fourth-order valence-electron chi connectivity index (χ4n) is 2.52. The van der Waals surface area contributed by atoms with Crippen LogP contribution in [0.3, 0.4) is 0 Å². The van der Waals surface area contributed by atoms with E-state index in [2.05, 4.69) is 0 Å². The Morgan fingerprint density at radius 1 is 1.14 bits per heavy atom. The van der Waals surface area contributed by atoms with Crippen LogP contribution >= 0.6 is 0 Å². The predicted octanol–water partition coefficient (Wildman–Crippen LogP) is 2.80. The zero-order valence-electron chi connectivity index (χ0n) is 11.0. The highest BCUT2D eigenvalue weighted by Gasteiger charge is 2.52. The Kier molecular flexibility index (Phi) is 4.37. The highest BCUT2D eigenvalue weighted by Crippen LogP contribution is 2.38. The van der Waals surface area contributed by atoms with Gasteiger partial charge in [-0.15, -0.1) is 0 Å². The van der Waals surface area contributed by atoms with Gasteiger partial charge in [0.1, 0.15) is 5.82 Å². The monoisotopic (exact) mass is 327 g/mol. The standard InChI is InChI=1S/C13H11F6NO2/c14-9-2-11(16)10(15)1-6(9)3-20-4-7(12(21)22)8(5-20)13(17,18)19/h1-2,7-8H,3-5H2,(H,21,22)/t7-,8-/m1/s1. The minimum atomic E-state index is -4.70. The molecule has 1 N–H and O–H groups in total. The summed E-state index contributed by atoms with van der Waals surface area (Å²) in [6.07, 6.45) is -4.70. The number of nitrogens with zero attached hydrogens (tertiary/aromatic N) is 1. The molecule has 1 heterocycles. The molecule has 0 aromatic heterocycles. The molecule has 9 heteroatoms. The van der Waals surface area contributed by atoms with Crippen LogP contribution in [-0.4, -0.2) is 35.2 Å². The number of hydrogen-bond acceptors (Lipinski definition) is 2. The number of hydrogen-bond donors (Lipinski definition) is 1. The second-order valence-electron chi connectivity index (χ2n) is 5.14. The zero-order valence-corrected chi connectivity index (χ0v) is 11.0. The lowest BCUT2D eigenvalue weighted by molar-refractivity contribution is -0.188. The lowest BCUT2D eigenvalue weighted by Gasteiger charge is -2.18. The number of likely N-dealkylation sites (tertiary alicyclic amines) is 1. The maximum absolute atomic E-state index is 13.5. The molecule has 0 aliphatic carbocycles. The van der Waals surface area contributed by atoms with E-state index in [1.54, 1.807) is 0 Å². The number of carboxylic acids is 1. The van der Waals surface area contributed by atoms with Gasteiger partial charge in [-0.05, 0) is 6.07 Å². The quantitative estimate of drug-likeness (QED) is 0.686. The van der Waals surface area contributed by atoms with Crippen molar-refractivity contribution in [3.05, 3.63) is 35.1 Å². The summed E-state index contributed by atoms with van der Waals surface area (Å²) in [7, 11) is 0. The minimum Gasteiger partial charge on any atom is -0.481 e. The molecule has 2 atom stereocenters. The molecule has 1 fully saturated rings. The number of halogens is 6. The van der Waals surface area contributed by atoms with Crippen LogP contribution in [-0.2, 0) is 11.3 Å². The van der Waals surface area contributed by atoms with E-state index in [-0.39, 0.29) is 5.56 Å². The number of benzene rings is 1. The normalized spacial score (nSPS) is 23.0. The summed E-state index contributed by atoms with van der Waals surface area (Å²) < 4.78 is 77.8. The summed E-state index contributed by atoms with van der Waals surface area (Å²) in [4.78, 5) is 12.0. The van der Waals surface area contributed by atoms with Gasteiger partial charge in [-0.2, -0.15) is 13.2 Å². The van der Waals surface area contributed by atoms with E-state index in [9.17, 15) is 31.1 Å². The van der Waals surface area contributed by atoms with E-state index in [0.29, 0.717) is 12.1 Å². The number of alkyl halides is 3. The van der Waals surface area contributed by atoms with Gasteiger partial charge in [0.2, 0.25) is 0 Å². The molecule has 3 nitrogen and oxygen atoms in total. The molecule has 1 aromatic carbocycles. The van der Waals surface area contributed by atoms with Crippen molar-refractivity contribution in [1.82, 2.24) is 4.90 Å². The molecule has 1 aliphatic heterocycles. The molecule has 2 rings (SSSR count). The summed E-state index contributed by atoms with van der Waals surface area (Å²) in [5, 5.41) is 8.86. The van der Waals surface area contributed by atoms with Crippen molar-refractivity contribution in [2.75, 3.05) is 13.1 Å². The van der Waals surface area contributed by atoms with Crippen LogP contribution in [0.4, 0.5) is 26.3 Å². The van der Waals surface area contributed by atoms with Crippen molar-refractivity contribution in [2.45, 2.75) is 12.7 Å². The van der Waals surface area contributed by atoms with E-state index in [0.717, 1.165) is 4.90 Å². The molecule has 1 aliphatic rings. The van der Waals surface area contributed by atoms with Crippen molar-refractivity contribution in [3.8, 4) is 0 Å². The average molecular weight is 327 g/mol. The molecule has 0 saturated carbocycles. The first-order valence-electron chi connectivity index (χ1n) is 6.25. The predicted molar refractivity (Wildman–Crippen MR) is 62.3 cm³/mol. The lowest BCUT2D eigenvalue weighted by Crippen LogP contribution is -2.33. The number of carboxylic acid groups (broad SMARTS) is 1. The van der Waals surface area contributed by atoms with Gasteiger partial charge in [-0.1, -0.05) is 0 Å². The van der Waals surface area contributed by atoms with Gasteiger partial charge < -0.3 is 5.11 Å². The Morgan fingerprint density at radius 2 is 1.73 bits per heavy atom. The Balaban J connectivity index is 2.18. The molecule has 1 aromatic rings. The summed E-state index contributed by atoms with van der Waals surface area (Å²) in [5.74, 6) is -9.18. The van der Waals surface area contributed by atoms with Crippen molar-refractivity contribution in [3.63, 3.8) is 0 Å². The van der Waals surface area contributed by atoms with Gasteiger partial charge >= 0.3 is 12.1 Å². The van der Waals surface area contributed by atoms with Crippen molar-refractivity contribution < 1.29 is 36.2 Å². The van der Waals surface area contributed by atoms with E-state index in [4.69, 9.17) is 5.11 Å². The van der Waals surface area contributed by atoms with Gasteiger partial charge in [-0.3, -0.25) is 9.69 Å². The van der Waals surface area contributed by atoms with Crippen LogP contribution in [0.5, 0.6) is 0 Å². The molecular weight excluding hydrogens is 316 g/mol. The van der Waals surface area contributed by atoms with E-state index in [1.807, 2.05) is 0 Å². The first-order valence-corrected chi connectivity index (χ1v) is 6.25. The number of carbonyl (C=O) groups is 1. The number of rotatable bonds is 3. The summed E-state index contributed by atoms with van der Waals surface area (Å²) in [6.45, 7) is -1.52. The molecule has 22 heavy (non-hydrogen) atoms.